The van der Waals surface area contributed by atoms with Crippen LogP contribution in [-0.4, -0.2) is 71.7 Å². The molecular weight excluding hydrogens is 356 g/mol. The molecule has 1 aromatic rings. The second-order valence-electron chi connectivity index (χ2n) is 7.51. The number of allylic oxidation sites excluding steroid dienone is 1. The number of rotatable bonds is 8. The third-order valence-electron chi connectivity index (χ3n) is 5.37. The Balaban J connectivity index is 2.32. The summed E-state index contributed by atoms with van der Waals surface area (Å²) in [4.78, 5) is 28.2. The predicted octanol–water partition coefficient (Wildman–Crippen LogP) is 2.28. The number of hydrogen-bond acceptors (Lipinski definition) is 4. The third-order valence-corrected chi connectivity index (χ3v) is 5.37. The van der Waals surface area contributed by atoms with Gasteiger partial charge in [-0.3, -0.25) is 9.59 Å². The van der Waals surface area contributed by atoms with Gasteiger partial charge < -0.3 is 19.6 Å². The third kappa shape index (κ3) is 4.62. The fraction of sp³-hybridized carbons (Fsp3) is 0.545. The number of amides is 2. The Kier molecular flexibility index (Phi) is 7.78. The first-order chi connectivity index (χ1) is 13.3. The molecule has 0 aliphatic carbocycles. The summed E-state index contributed by atoms with van der Waals surface area (Å²) in [5, 5.41) is 9.92. The zero-order valence-corrected chi connectivity index (χ0v) is 17.5. The second kappa shape index (κ2) is 9.85. The maximum atomic E-state index is 12.5. The zero-order valence-electron chi connectivity index (χ0n) is 17.5. The maximum absolute atomic E-state index is 12.5. The highest BCUT2D eigenvalue weighted by Gasteiger charge is 2.51. The molecule has 6 heteroatoms. The topological polar surface area (TPSA) is 70.1 Å². The van der Waals surface area contributed by atoms with E-state index in [9.17, 15) is 14.7 Å². The van der Waals surface area contributed by atoms with E-state index in [1.54, 1.807) is 9.80 Å². The molecule has 6 nitrogen and oxygen atoms in total. The molecule has 0 unspecified atom stereocenters. The van der Waals surface area contributed by atoms with Gasteiger partial charge >= 0.3 is 0 Å². The van der Waals surface area contributed by atoms with Crippen molar-refractivity contribution >= 4 is 17.9 Å². The highest BCUT2D eigenvalue weighted by atomic mass is 16.5. The monoisotopic (exact) mass is 388 g/mol. The average molecular weight is 389 g/mol. The Hall–Kier alpha value is -2.18. The molecule has 1 N–H and O–H groups in total. The number of aliphatic hydroxyl groups is 1. The lowest BCUT2D eigenvalue weighted by atomic mass is 9.74. The van der Waals surface area contributed by atoms with Gasteiger partial charge in [0, 0.05) is 32.5 Å². The van der Waals surface area contributed by atoms with Crippen molar-refractivity contribution in [3.05, 3.63) is 41.5 Å². The van der Waals surface area contributed by atoms with Gasteiger partial charge in [0.1, 0.15) is 6.61 Å². The summed E-state index contributed by atoms with van der Waals surface area (Å²) >= 11 is 0. The van der Waals surface area contributed by atoms with Gasteiger partial charge in [0.15, 0.2) is 0 Å². The molecule has 0 bridgehead atoms. The normalized spacial score (nSPS) is 21.8. The minimum Gasteiger partial charge on any atom is -0.394 e. The molecule has 0 aromatic heterocycles. The number of nitrogens with zero attached hydrogens (tertiary/aromatic N) is 2. The van der Waals surface area contributed by atoms with E-state index in [1.807, 2.05) is 57.2 Å². The summed E-state index contributed by atoms with van der Waals surface area (Å²) in [6.45, 7) is 7.71. The minimum atomic E-state index is -0.276. The minimum absolute atomic E-state index is 0.0110. The van der Waals surface area contributed by atoms with E-state index in [-0.39, 0.29) is 49.1 Å². The largest absolute Gasteiger partial charge is 0.394 e. The SMILES string of the molecule is CC=Cc1ccc([C@@H]2[C@@H](CO)N(C(C)=O)[C@H]2CN(C(=O)COC)C(C)C)cc1. The molecule has 0 spiro atoms. The fourth-order valence-electron chi connectivity index (χ4n) is 4.09. The van der Waals surface area contributed by atoms with E-state index < -0.39 is 0 Å². The molecule has 3 atom stereocenters. The quantitative estimate of drug-likeness (QED) is 0.742. The molecule has 28 heavy (non-hydrogen) atoms. The van der Waals surface area contributed by atoms with Crippen molar-refractivity contribution < 1.29 is 19.4 Å². The Labute approximate surface area is 167 Å². The number of likely N-dealkylation sites (tertiary alicyclic amines) is 1. The molecule has 1 aliphatic rings. The first kappa shape index (κ1) is 22.1. The van der Waals surface area contributed by atoms with E-state index in [4.69, 9.17) is 4.74 Å². The van der Waals surface area contributed by atoms with Crippen LogP contribution in [0.15, 0.2) is 30.3 Å². The van der Waals surface area contributed by atoms with Gasteiger partial charge in [-0.15, -0.1) is 0 Å². The van der Waals surface area contributed by atoms with Crippen molar-refractivity contribution in [2.24, 2.45) is 0 Å². The first-order valence-electron chi connectivity index (χ1n) is 9.76. The summed E-state index contributed by atoms with van der Waals surface area (Å²) in [5.41, 5.74) is 2.17. The molecule has 1 saturated heterocycles. The van der Waals surface area contributed by atoms with E-state index in [0.29, 0.717) is 6.54 Å². The number of aliphatic hydroxyl groups excluding tert-OH is 1. The van der Waals surface area contributed by atoms with Gasteiger partial charge in [-0.05, 0) is 31.9 Å². The Morgan fingerprint density at radius 2 is 1.89 bits per heavy atom. The highest BCUT2D eigenvalue weighted by Crippen LogP contribution is 2.41. The smallest absolute Gasteiger partial charge is 0.248 e. The van der Waals surface area contributed by atoms with Gasteiger partial charge in [0.05, 0.1) is 18.7 Å². The predicted molar refractivity (Wildman–Crippen MR) is 110 cm³/mol. The van der Waals surface area contributed by atoms with Crippen molar-refractivity contribution in [1.82, 2.24) is 9.80 Å². The summed E-state index contributed by atoms with van der Waals surface area (Å²) in [6.07, 6.45) is 4.01. The van der Waals surface area contributed by atoms with Gasteiger partial charge in [-0.25, -0.2) is 0 Å². The second-order valence-corrected chi connectivity index (χ2v) is 7.51. The summed E-state index contributed by atoms with van der Waals surface area (Å²) in [6, 6.07) is 7.70. The van der Waals surface area contributed by atoms with Gasteiger partial charge in [-0.2, -0.15) is 0 Å². The number of carbonyl (C=O) groups excluding carboxylic acids is 2. The number of hydrogen-bond donors (Lipinski definition) is 1. The molecule has 0 saturated carbocycles. The Bertz CT molecular complexity index is 699. The first-order valence-corrected chi connectivity index (χ1v) is 9.76. The van der Waals surface area contributed by atoms with Crippen molar-refractivity contribution in [2.75, 3.05) is 26.9 Å². The van der Waals surface area contributed by atoms with Crippen LogP contribution in [0, 0.1) is 0 Å². The molecule has 1 heterocycles. The lowest BCUT2D eigenvalue weighted by Crippen LogP contribution is -2.68. The lowest BCUT2D eigenvalue weighted by molar-refractivity contribution is -0.154. The maximum Gasteiger partial charge on any atom is 0.248 e. The van der Waals surface area contributed by atoms with Crippen LogP contribution in [0.2, 0.25) is 0 Å². The van der Waals surface area contributed by atoms with Crippen LogP contribution in [0.1, 0.15) is 44.7 Å². The molecule has 154 valence electrons. The number of benzene rings is 1. The van der Waals surface area contributed by atoms with Crippen molar-refractivity contribution in [3.8, 4) is 0 Å². The van der Waals surface area contributed by atoms with Crippen LogP contribution in [0.3, 0.4) is 0 Å². The van der Waals surface area contributed by atoms with Crippen LogP contribution in [0.4, 0.5) is 0 Å². The summed E-state index contributed by atoms with van der Waals surface area (Å²) in [5.74, 6) is -0.213. The van der Waals surface area contributed by atoms with Crippen molar-refractivity contribution in [2.45, 2.75) is 51.7 Å². The summed E-state index contributed by atoms with van der Waals surface area (Å²) < 4.78 is 5.01. The molecule has 0 radical (unpaired) electrons. The molecule has 1 aromatic carbocycles. The molecule has 1 aliphatic heterocycles. The Morgan fingerprint density at radius 3 is 2.36 bits per heavy atom. The van der Waals surface area contributed by atoms with Crippen LogP contribution >= 0.6 is 0 Å². The van der Waals surface area contributed by atoms with Crippen molar-refractivity contribution in [3.63, 3.8) is 0 Å². The van der Waals surface area contributed by atoms with Crippen LogP contribution in [0.25, 0.3) is 6.08 Å². The van der Waals surface area contributed by atoms with E-state index in [1.165, 1.54) is 14.0 Å². The van der Waals surface area contributed by atoms with Gasteiger partial charge in [0.25, 0.3) is 0 Å². The average Bonchev–Trinajstić information content (AvgIpc) is 2.62. The van der Waals surface area contributed by atoms with Crippen LogP contribution < -0.4 is 0 Å². The van der Waals surface area contributed by atoms with Crippen LogP contribution in [-0.2, 0) is 14.3 Å². The van der Waals surface area contributed by atoms with Gasteiger partial charge in [-0.1, -0.05) is 36.4 Å². The van der Waals surface area contributed by atoms with Crippen LogP contribution in [0.5, 0.6) is 0 Å². The van der Waals surface area contributed by atoms with Crippen molar-refractivity contribution in [1.29, 1.82) is 0 Å². The highest BCUT2D eigenvalue weighted by molar-refractivity contribution is 5.79. The number of ether oxygens (including phenoxy) is 1. The van der Waals surface area contributed by atoms with E-state index in [0.717, 1.165) is 11.1 Å². The fourth-order valence-corrected chi connectivity index (χ4v) is 4.09. The molecule has 2 rings (SSSR count). The number of methoxy groups -OCH3 is 1. The standard InChI is InChI=1S/C22H32N2O4/c1-6-7-17-8-10-18(11-9-17)22-19(24(16(4)26)20(22)13-25)12-23(15(2)3)21(27)14-28-5/h6-11,15,19-20,22,25H,12-14H2,1-5H3/t19-,20+,22-/m0/s1. The zero-order chi connectivity index (χ0) is 20.8. The van der Waals surface area contributed by atoms with E-state index in [2.05, 4.69) is 0 Å². The molecule has 1 fully saturated rings. The lowest BCUT2D eigenvalue weighted by Gasteiger charge is -2.56. The van der Waals surface area contributed by atoms with Gasteiger partial charge in [0.2, 0.25) is 11.8 Å². The Morgan fingerprint density at radius 1 is 1.25 bits per heavy atom. The molecular formula is C22H32N2O4. The number of carbonyl (C=O) groups is 2. The summed E-state index contributed by atoms with van der Waals surface area (Å²) in [7, 11) is 1.50. The van der Waals surface area contributed by atoms with E-state index >= 15 is 0 Å². The molecule has 2 amide bonds.